The Labute approximate surface area is 123 Å². The van der Waals surface area contributed by atoms with E-state index in [0.717, 1.165) is 17.5 Å². The summed E-state index contributed by atoms with van der Waals surface area (Å²) in [6.45, 7) is 0. The highest BCUT2D eigenvalue weighted by atomic mass is 35.5. The fourth-order valence-electron chi connectivity index (χ4n) is 2.26. The number of benzene rings is 2. The maximum atomic E-state index is 9.54. The summed E-state index contributed by atoms with van der Waals surface area (Å²) in [6.07, 6.45) is 1.08. The van der Waals surface area contributed by atoms with Crippen LogP contribution >= 0.6 is 24.0 Å². The Kier molecular flexibility index (Phi) is 4.04. The third-order valence-corrected chi connectivity index (χ3v) is 3.61. The van der Waals surface area contributed by atoms with Crippen molar-refractivity contribution in [3.05, 3.63) is 53.1 Å². The summed E-state index contributed by atoms with van der Waals surface area (Å²) in [5.41, 5.74) is 9.10. The zero-order valence-electron chi connectivity index (χ0n) is 10.2. The first-order valence-corrected chi connectivity index (χ1v) is 6.37. The molecule has 1 aliphatic rings. The predicted molar refractivity (Wildman–Crippen MR) is 81.1 cm³/mol. The van der Waals surface area contributed by atoms with Crippen LogP contribution in [-0.2, 0) is 0 Å². The molecule has 4 heteroatoms. The zero-order chi connectivity index (χ0) is 12.7. The molecule has 100 valence electrons. The van der Waals surface area contributed by atoms with E-state index in [4.69, 9.17) is 17.3 Å². The minimum absolute atomic E-state index is 0. The van der Waals surface area contributed by atoms with Crippen molar-refractivity contribution in [2.45, 2.75) is 18.4 Å². The molecule has 0 bridgehead atoms. The monoisotopic (exact) mass is 295 g/mol. The zero-order valence-corrected chi connectivity index (χ0v) is 11.8. The molecule has 3 rings (SSSR count). The van der Waals surface area contributed by atoms with Gasteiger partial charge in [-0.2, -0.15) is 0 Å². The molecule has 0 unspecified atom stereocenters. The Morgan fingerprint density at radius 3 is 2.21 bits per heavy atom. The molecular formula is C15H15Cl2NO. The van der Waals surface area contributed by atoms with Gasteiger partial charge in [-0.25, -0.2) is 0 Å². The lowest BCUT2D eigenvalue weighted by atomic mass is 10.0. The Balaban J connectivity index is 0.00000133. The van der Waals surface area contributed by atoms with Gasteiger partial charge >= 0.3 is 0 Å². The van der Waals surface area contributed by atoms with Gasteiger partial charge in [-0.1, -0.05) is 35.9 Å². The number of aromatic hydroxyl groups is 1. The third kappa shape index (κ3) is 3.03. The van der Waals surface area contributed by atoms with Crippen molar-refractivity contribution in [1.29, 1.82) is 0 Å². The second kappa shape index (κ2) is 5.41. The van der Waals surface area contributed by atoms with E-state index in [2.05, 4.69) is 12.1 Å². The van der Waals surface area contributed by atoms with Gasteiger partial charge < -0.3 is 10.8 Å². The molecule has 0 amide bonds. The number of phenolic OH excluding ortho intramolecular Hbond substituents is 1. The maximum absolute atomic E-state index is 9.54. The van der Waals surface area contributed by atoms with Gasteiger partial charge in [-0.05, 0) is 41.3 Å². The quantitative estimate of drug-likeness (QED) is 0.881. The third-order valence-electron chi connectivity index (χ3n) is 3.39. The number of phenols is 1. The van der Waals surface area contributed by atoms with Crippen molar-refractivity contribution in [3.63, 3.8) is 0 Å². The average molecular weight is 296 g/mol. The van der Waals surface area contributed by atoms with Crippen LogP contribution in [0.15, 0.2) is 42.5 Å². The number of rotatable bonds is 2. The van der Waals surface area contributed by atoms with Gasteiger partial charge in [0.25, 0.3) is 0 Å². The van der Waals surface area contributed by atoms with Crippen LogP contribution in [0.3, 0.4) is 0 Å². The first-order chi connectivity index (χ1) is 8.63. The lowest BCUT2D eigenvalue weighted by Gasteiger charge is -2.05. The maximum Gasteiger partial charge on any atom is 0.117 e. The van der Waals surface area contributed by atoms with Crippen LogP contribution in [0.5, 0.6) is 5.75 Å². The summed E-state index contributed by atoms with van der Waals surface area (Å²) in [5.74, 6) is 0.706. The lowest BCUT2D eigenvalue weighted by molar-refractivity contribution is 0.475. The molecule has 2 nitrogen and oxygen atoms in total. The van der Waals surface area contributed by atoms with Gasteiger partial charge in [0, 0.05) is 17.0 Å². The second-order valence-corrected chi connectivity index (χ2v) is 5.26. The largest absolute Gasteiger partial charge is 0.508 e. The molecule has 1 aliphatic carbocycles. The topological polar surface area (TPSA) is 46.2 Å². The van der Waals surface area contributed by atoms with E-state index in [1.165, 1.54) is 11.6 Å². The van der Waals surface area contributed by atoms with Crippen LogP contribution in [0.25, 0.3) is 11.1 Å². The second-order valence-electron chi connectivity index (χ2n) is 4.83. The molecule has 0 radical (unpaired) electrons. The smallest absolute Gasteiger partial charge is 0.117 e. The summed E-state index contributed by atoms with van der Waals surface area (Å²) in [4.78, 5) is 0. The van der Waals surface area contributed by atoms with Crippen molar-refractivity contribution in [1.82, 2.24) is 0 Å². The van der Waals surface area contributed by atoms with Gasteiger partial charge in [0.2, 0.25) is 0 Å². The van der Waals surface area contributed by atoms with Crippen molar-refractivity contribution in [3.8, 4) is 16.9 Å². The fourth-order valence-corrected chi connectivity index (χ4v) is 2.49. The van der Waals surface area contributed by atoms with E-state index in [1.54, 1.807) is 6.07 Å². The first kappa shape index (κ1) is 14.2. The van der Waals surface area contributed by atoms with Crippen LogP contribution in [-0.4, -0.2) is 11.1 Å². The number of hydrogen-bond acceptors (Lipinski definition) is 2. The highest BCUT2D eigenvalue weighted by Crippen LogP contribution is 2.39. The molecule has 2 aromatic rings. The molecule has 0 saturated heterocycles. The molecule has 0 spiro atoms. The molecule has 0 aliphatic heterocycles. The van der Waals surface area contributed by atoms with Crippen LogP contribution < -0.4 is 5.73 Å². The minimum Gasteiger partial charge on any atom is -0.508 e. The van der Waals surface area contributed by atoms with E-state index in [9.17, 15) is 5.11 Å². The van der Waals surface area contributed by atoms with E-state index in [0.29, 0.717) is 17.0 Å². The number of nitrogens with two attached hydrogens (primary N) is 1. The van der Waals surface area contributed by atoms with Crippen LogP contribution in [0.2, 0.25) is 5.02 Å². The van der Waals surface area contributed by atoms with Crippen molar-refractivity contribution in [2.24, 2.45) is 5.73 Å². The SMILES string of the molecule is Cl.N[C@H]1C[C@@H]1c1ccc(-c2cc(O)cc(Cl)c2)cc1. The molecule has 2 atom stereocenters. The van der Waals surface area contributed by atoms with Gasteiger partial charge in [-0.15, -0.1) is 12.4 Å². The van der Waals surface area contributed by atoms with Crippen molar-refractivity contribution >= 4 is 24.0 Å². The minimum atomic E-state index is 0. The summed E-state index contributed by atoms with van der Waals surface area (Å²) in [6, 6.07) is 13.7. The predicted octanol–water partition coefficient (Wildman–Crippen LogP) is 3.95. The molecule has 19 heavy (non-hydrogen) atoms. The summed E-state index contributed by atoms with van der Waals surface area (Å²) >= 11 is 5.93. The Morgan fingerprint density at radius 1 is 1.05 bits per heavy atom. The number of halogens is 2. The Hall–Kier alpha value is -1.22. The summed E-state index contributed by atoms with van der Waals surface area (Å²) < 4.78 is 0. The van der Waals surface area contributed by atoms with Crippen LogP contribution in [0.4, 0.5) is 0 Å². The lowest BCUT2D eigenvalue weighted by Crippen LogP contribution is -2.00. The van der Waals surface area contributed by atoms with E-state index < -0.39 is 0 Å². The van der Waals surface area contributed by atoms with E-state index >= 15 is 0 Å². The van der Waals surface area contributed by atoms with Crippen molar-refractivity contribution < 1.29 is 5.11 Å². The van der Waals surface area contributed by atoms with Gasteiger partial charge in [-0.3, -0.25) is 0 Å². The van der Waals surface area contributed by atoms with E-state index in [-0.39, 0.29) is 18.2 Å². The molecule has 3 N–H and O–H groups in total. The molecule has 1 fully saturated rings. The number of hydrogen-bond donors (Lipinski definition) is 2. The first-order valence-electron chi connectivity index (χ1n) is 5.99. The Morgan fingerprint density at radius 2 is 1.68 bits per heavy atom. The molecular weight excluding hydrogens is 281 g/mol. The molecule has 1 saturated carbocycles. The highest BCUT2D eigenvalue weighted by Gasteiger charge is 2.34. The standard InChI is InChI=1S/C15H14ClNO.ClH/c16-12-5-11(6-13(18)7-12)9-1-3-10(4-2-9)14-8-15(14)17;/h1-7,14-15,18H,8,17H2;1H/t14-,15+;/m1./s1. The summed E-state index contributed by atoms with van der Waals surface area (Å²) in [5, 5.41) is 10.1. The summed E-state index contributed by atoms with van der Waals surface area (Å²) in [7, 11) is 0. The fraction of sp³-hybridized carbons (Fsp3) is 0.200. The normalized spacial score (nSPS) is 20.7. The Bertz CT molecular complexity index is 563. The highest BCUT2D eigenvalue weighted by molar-refractivity contribution is 6.31. The van der Waals surface area contributed by atoms with Crippen molar-refractivity contribution in [2.75, 3.05) is 0 Å². The van der Waals surface area contributed by atoms with Gasteiger partial charge in [0.1, 0.15) is 5.75 Å². The van der Waals surface area contributed by atoms with Gasteiger partial charge in [0.05, 0.1) is 0 Å². The van der Waals surface area contributed by atoms with Crippen LogP contribution in [0.1, 0.15) is 17.9 Å². The van der Waals surface area contributed by atoms with Gasteiger partial charge in [0.15, 0.2) is 0 Å². The molecule has 0 aromatic heterocycles. The van der Waals surface area contributed by atoms with E-state index in [1.807, 2.05) is 18.2 Å². The molecule has 2 aromatic carbocycles. The molecule has 0 heterocycles. The van der Waals surface area contributed by atoms with Crippen LogP contribution in [0, 0.1) is 0 Å². The average Bonchev–Trinajstić information content (AvgIpc) is 3.05.